The van der Waals surface area contributed by atoms with E-state index >= 15 is 0 Å². The summed E-state index contributed by atoms with van der Waals surface area (Å²) in [6.45, 7) is 4.68. The predicted octanol–water partition coefficient (Wildman–Crippen LogP) is 1.32. The summed E-state index contributed by atoms with van der Waals surface area (Å²) in [5.74, 6) is -0.185. The van der Waals surface area contributed by atoms with E-state index in [0.29, 0.717) is 25.6 Å². The lowest BCUT2D eigenvalue weighted by atomic mass is 10.3. The van der Waals surface area contributed by atoms with Crippen LogP contribution in [0.5, 0.6) is 0 Å². The molecule has 0 atom stereocenters. The highest BCUT2D eigenvalue weighted by molar-refractivity contribution is 5.71. The highest BCUT2D eigenvalue weighted by Crippen LogP contribution is 2.26. The lowest BCUT2D eigenvalue weighted by Gasteiger charge is -2.20. The molecule has 0 bridgehead atoms. The van der Waals surface area contributed by atoms with E-state index in [1.807, 2.05) is 18.7 Å². The maximum atomic E-state index is 11.4. The Labute approximate surface area is 90.8 Å². The number of nitriles is 1. The van der Waals surface area contributed by atoms with Crippen molar-refractivity contribution < 1.29 is 9.53 Å². The normalized spacial score (nSPS) is 15.4. The molecule has 0 aliphatic heterocycles. The molecule has 0 heterocycles. The fourth-order valence-electron chi connectivity index (χ4n) is 1.49. The number of esters is 1. The molecule has 0 radical (unpaired) electrons. The molecule has 0 aromatic carbocycles. The number of rotatable bonds is 6. The SMILES string of the molecule is CC(C)OC(=O)CN(CCC#N)C1CC1. The highest BCUT2D eigenvalue weighted by atomic mass is 16.5. The molecule has 4 heteroatoms. The van der Waals surface area contributed by atoms with Crippen LogP contribution in [0.15, 0.2) is 0 Å². The van der Waals surface area contributed by atoms with E-state index in [4.69, 9.17) is 10.00 Å². The molecule has 1 rings (SSSR count). The fourth-order valence-corrected chi connectivity index (χ4v) is 1.49. The molecule has 0 spiro atoms. The van der Waals surface area contributed by atoms with Crippen molar-refractivity contribution in [3.05, 3.63) is 0 Å². The molecule has 4 nitrogen and oxygen atoms in total. The van der Waals surface area contributed by atoms with E-state index in [1.165, 1.54) is 0 Å². The van der Waals surface area contributed by atoms with Crippen molar-refractivity contribution in [2.75, 3.05) is 13.1 Å². The van der Waals surface area contributed by atoms with E-state index in [1.54, 1.807) is 0 Å². The number of hydrogen-bond donors (Lipinski definition) is 0. The second kappa shape index (κ2) is 5.72. The molecule has 0 amide bonds. The molecule has 0 saturated heterocycles. The Morgan fingerprint density at radius 3 is 2.73 bits per heavy atom. The van der Waals surface area contributed by atoms with Gasteiger partial charge in [0.05, 0.1) is 18.7 Å². The van der Waals surface area contributed by atoms with E-state index in [9.17, 15) is 4.79 Å². The lowest BCUT2D eigenvalue weighted by molar-refractivity contribution is -0.148. The predicted molar refractivity (Wildman–Crippen MR) is 56.1 cm³/mol. The van der Waals surface area contributed by atoms with Crippen molar-refractivity contribution in [1.29, 1.82) is 5.26 Å². The first-order valence-corrected chi connectivity index (χ1v) is 5.44. The third-order valence-electron chi connectivity index (χ3n) is 2.27. The quantitative estimate of drug-likeness (QED) is 0.620. The molecule has 0 N–H and O–H groups in total. The van der Waals surface area contributed by atoms with Gasteiger partial charge in [-0.25, -0.2) is 0 Å². The molecule has 0 unspecified atom stereocenters. The maximum absolute atomic E-state index is 11.4. The Bertz CT molecular complexity index is 254. The van der Waals surface area contributed by atoms with Gasteiger partial charge < -0.3 is 4.74 Å². The average Bonchev–Trinajstić information content (AvgIpc) is 2.93. The molecule has 1 aliphatic carbocycles. The van der Waals surface area contributed by atoms with Crippen molar-refractivity contribution in [2.24, 2.45) is 0 Å². The number of carbonyl (C=O) groups excluding carboxylic acids is 1. The third-order valence-corrected chi connectivity index (χ3v) is 2.27. The van der Waals surface area contributed by atoms with Crippen molar-refractivity contribution in [1.82, 2.24) is 4.90 Å². The fraction of sp³-hybridized carbons (Fsp3) is 0.818. The second-order valence-electron chi connectivity index (χ2n) is 4.15. The summed E-state index contributed by atoms with van der Waals surface area (Å²) in [7, 11) is 0. The van der Waals surface area contributed by atoms with Gasteiger partial charge in [0, 0.05) is 19.0 Å². The van der Waals surface area contributed by atoms with Gasteiger partial charge in [-0.15, -0.1) is 0 Å². The van der Waals surface area contributed by atoms with Crippen molar-refractivity contribution in [2.45, 2.75) is 45.3 Å². The first-order chi connectivity index (χ1) is 7.13. The number of carbonyl (C=O) groups is 1. The second-order valence-corrected chi connectivity index (χ2v) is 4.15. The average molecular weight is 210 g/mol. The Balaban J connectivity index is 2.30. The van der Waals surface area contributed by atoms with E-state index in [-0.39, 0.29) is 12.1 Å². The number of ether oxygens (including phenoxy) is 1. The van der Waals surface area contributed by atoms with Crippen LogP contribution in [0.3, 0.4) is 0 Å². The van der Waals surface area contributed by atoms with Crippen LogP contribution in [0.4, 0.5) is 0 Å². The largest absolute Gasteiger partial charge is 0.462 e. The van der Waals surface area contributed by atoms with Crippen LogP contribution in [0.25, 0.3) is 0 Å². The molecule has 1 saturated carbocycles. The monoisotopic (exact) mass is 210 g/mol. The Morgan fingerprint density at radius 2 is 2.27 bits per heavy atom. The van der Waals surface area contributed by atoms with Crippen molar-refractivity contribution in [3.8, 4) is 6.07 Å². The van der Waals surface area contributed by atoms with Crippen LogP contribution in [-0.4, -0.2) is 36.1 Å². The van der Waals surface area contributed by atoms with Crippen LogP contribution in [0, 0.1) is 11.3 Å². The van der Waals surface area contributed by atoms with Gasteiger partial charge in [-0.05, 0) is 26.7 Å². The third kappa shape index (κ3) is 4.80. The highest BCUT2D eigenvalue weighted by Gasteiger charge is 2.30. The zero-order chi connectivity index (χ0) is 11.3. The van der Waals surface area contributed by atoms with Gasteiger partial charge >= 0.3 is 5.97 Å². The first kappa shape index (κ1) is 12.0. The van der Waals surface area contributed by atoms with Gasteiger partial charge in [0.1, 0.15) is 0 Å². The maximum Gasteiger partial charge on any atom is 0.320 e. The smallest absolute Gasteiger partial charge is 0.320 e. The van der Waals surface area contributed by atoms with Crippen LogP contribution >= 0.6 is 0 Å². The summed E-state index contributed by atoms with van der Waals surface area (Å²) in [6.07, 6.45) is 2.70. The molecule has 84 valence electrons. The molecule has 0 aromatic rings. The minimum Gasteiger partial charge on any atom is -0.462 e. The van der Waals surface area contributed by atoms with Gasteiger partial charge in [-0.2, -0.15) is 5.26 Å². The Morgan fingerprint density at radius 1 is 1.60 bits per heavy atom. The standard InChI is InChI=1S/C11H18N2O2/c1-9(2)15-11(14)8-13(7-3-6-12)10-4-5-10/h9-10H,3-5,7-8H2,1-2H3. The summed E-state index contributed by atoms with van der Waals surface area (Å²) in [5, 5.41) is 8.50. The van der Waals surface area contributed by atoms with Gasteiger partial charge in [-0.3, -0.25) is 9.69 Å². The minimum absolute atomic E-state index is 0.0606. The van der Waals surface area contributed by atoms with E-state index in [0.717, 1.165) is 12.8 Å². The Hall–Kier alpha value is -1.08. The topological polar surface area (TPSA) is 53.3 Å². The minimum atomic E-state index is -0.185. The zero-order valence-corrected chi connectivity index (χ0v) is 9.40. The van der Waals surface area contributed by atoms with Crippen LogP contribution in [-0.2, 0) is 9.53 Å². The van der Waals surface area contributed by atoms with Crippen molar-refractivity contribution >= 4 is 5.97 Å². The number of hydrogen-bond acceptors (Lipinski definition) is 4. The van der Waals surface area contributed by atoms with Gasteiger partial charge in [0.2, 0.25) is 0 Å². The summed E-state index contributed by atoms with van der Waals surface area (Å²) >= 11 is 0. The van der Waals surface area contributed by atoms with Crippen LogP contribution in [0.1, 0.15) is 33.1 Å². The molecular formula is C11H18N2O2. The molecule has 15 heavy (non-hydrogen) atoms. The van der Waals surface area contributed by atoms with Crippen LogP contribution < -0.4 is 0 Å². The molecular weight excluding hydrogens is 192 g/mol. The van der Waals surface area contributed by atoms with Gasteiger partial charge in [-0.1, -0.05) is 0 Å². The van der Waals surface area contributed by atoms with Crippen LogP contribution in [0.2, 0.25) is 0 Å². The lowest BCUT2D eigenvalue weighted by Crippen LogP contribution is -2.34. The first-order valence-electron chi connectivity index (χ1n) is 5.44. The summed E-state index contributed by atoms with van der Waals surface area (Å²) in [4.78, 5) is 13.5. The summed E-state index contributed by atoms with van der Waals surface area (Å²) < 4.78 is 5.08. The van der Waals surface area contributed by atoms with E-state index in [2.05, 4.69) is 6.07 Å². The summed E-state index contributed by atoms with van der Waals surface area (Å²) in [6, 6.07) is 2.60. The molecule has 1 fully saturated rings. The number of nitrogens with zero attached hydrogens (tertiary/aromatic N) is 2. The molecule has 0 aromatic heterocycles. The van der Waals surface area contributed by atoms with E-state index < -0.39 is 0 Å². The Kier molecular flexibility index (Phi) is 4.57. The summed E-state index contributed by atoms with van der Waals surface area (Å²) in [5.41, 5.74) is 0. The van der Waals surface area contributed by atoms with Gasteiger partial charge in [0.25, 0.3) is 0 Å². The van der Waals surface area contributed by atoms with Crippen molar-refractivity contribution in [3.63, 3.8) is 0 Å². The zero-order valence-electron chi connectivity index (χ0n) is 9.40. The molecule has 1 aliphatic rings. The van der Waals surface area contributed by atoms with Gasteiger partial charge in [0.15, 0.2) is 0 Å².